The van der Waals surface area contributed by atoms with Gasteiger partial charge in [0, 0.05) is 0 Å². The van der Waals surface area contributed by atoms with Gasteiger partial charge in [-0.1, -0.05) is 19.8 Å². The summed E-state index contributed by atoms with van der Waals surface area (Å²) in [4.78, 5) is 0. The van der Waals surface area contributed by atoms with Crippen molar-refractivity contribution < 1.29 is 0 Å². The van der Waals surface area contributed by atoms with E-state index < -0.39 is 0 Å². The third-order valence-electron chi connectivity index (χ3n) is 0.808. The predicted molar refractivity (Wildman–Crippen MR) is 38.7 cm³/mol. The van der Waals surface area contributed by atoms with Gasteiger partial charge in [0.05, 0.1) is 0 Å². The Hall–Kier alpha value is -0.0800. The van der Waals surface area contributed by atoms with Crippen molar-refractivity contribution in [3.63, 3.8) is 0 Å². The molecule has 8 heavy (non-hydrogen) atoms. The normalized spacial score (nSPS) is 7.50. The topological polar surface area (TPSA) is 52.0 Å². The minimum atomic E-state index is 0.855. The molecule has 0 aliphatic rings. The zero-order valence-electron chi connectivity index (χ0n) is 5.98. The predicted octanol–water partition coefficient (Wildman–Crippen LogP) is 0.710. The first-order valence-electron chi connectivity index (χ1n) is 3.19. The Morgan fingerprint density at radius 3 is 1.75 bits per heavy atom. The van der Waals surface area contributed by atoms with E-state index in [2.05, 4.69) is 12.7 Å². The number of unbranched alkanes of at least 4 members (excludes halogenated alkanes) is 2. The van der Waals surface area contributed by atoms with Crippen molar-refractivity contribution in [2.75, 3.05) is 13.6 Å². The van der Waals surface area contributed by atoms with E-state index in [9.17, 15) is 0 Å². The highest BCUT2D eigenvalue weighted by atomic mass is 14.5. The van der Waals surface area contributed by atoms with Crippen molar-refractivity contribution >= 4 is 0 Å². The molecule has 0 rings (SSSR count). The Morgan fingerprint density at radius 1 is 1.12 bits per heavy atom. The van der Waals surface area contributed by atoms with Crippen molar-refractivity contribution in [3.8, 4) is 0 Å². The van der Waals surface area contributed by atoms with Gasteiger partial charge in [-0.25, -0.2) is 0 Å². The highest BCUT2D eigenvalue weighted by Crippen LogP contribution is 1.88. The molecule has 0 amide bonds. The molecule has 0 aliphatic carbocycles. The minimum absolute atomic E-state index is 0.855. The van der Waals surface area contributed by atoms with Crippen LogP contribution >= 0.6 is 0 Å². The second-order valence-electron chi connectivity index (χ2n) is 1.50. The molecule has 0 saturated heterocycles. The van der Waals surface area contributed by atoms with Gasteiger partial charge in [-0.05, 0) is 20.0 Å². The molecule has 0 bridgehead atoms. The Kier molecular flexibility index (Phi) is 21.3. The fourth-order valence-corrected chi connectivity index (χ4v) is 0.394. The van der Waals surface area contributed by atoms with Crippen LogP contribution in [0.4, 0.5) is 0 Å². The van der Waals surface area contributed by atoms with Gasteiger partial charge in [-0.15, -0.1) is 0 Å². The zero-order chi connectivity index (χ0) is 6.83. The molecule has 2 nitrogen and oxygen atoms in total. The summed E-state index contributed by atoms with van der Waals surface area (Å²) < 4.78 is 0. The van der Waals surface area contributed by atoms with Crippen molar-refractivity contribution in [3.05, 3.63) is 0 Å². The van der Waals surface area contributed by atoms with Gasteiger partial charge in [0.15, 0.2) is 0 Å². The molecular weight excluding hydrogens is 100 g/mol. The monoisotopic (exact) mass is 118 g/mol. The summed E-state index contributed by atoms with van der Waals surface area (Å²) in [7, 11) is 1.50. The molecule has 4 N–H and O–H groups in total. The van der Waals surface area contributed by atoms with E-state index in [1.165, 1.54) is 26.3 Å². The summed E-state index contributed by atoms with van der Waals surface area (Å²) in [5, 5.41) is 0. The van der Waals surface area contributed by atoms with Crippen LogP contribution in [0.25, 0.3) is 0 Å². The standard InChI is InChI=1S/C5H13N.CH5N/c1-2-3-4-5-6;1-2/h2-6H2,1H3;2H2,1H3. The van der Waals surface area contributed by atoms with Gasteiger partial charge in [-0.2, -0.15) is 0 Å². The SMILES string of the molecule is CCCCCN.CN. The minimum Gasteiger partial charge on any atom is -0.333 e. The van der Waals surface area contributed by atoms with Gasteiger partial charge in [0.25, 0.3) is 0 Å². The quantitative estimate of drug-likeness (QED) is 0.536. The summed E-state index contributed by atoms with van der Waals surface area (Å²) in [5.41, 5.74) is 9.71. The van der Waals surface area contributed by atoms with Crippen LogP contribution in [0.5, 0.6) is 0 Å². The van der Waals surface area contributed by atoms with E-state index in [4.69, 9.17) is 5.73 Å². The van der Waals surface area contributed by atoms with E-state index in [1.807, 2.05) is 0 Å². The molecule has 0 aliphatic heterocycles. The van der Waals surface area contributed by atoms with Gasteiger partial charge in [0.2, 0.25) is 0 Å². The highest BCUT2D eigenvalue weighted by Gasteiger charge is 1.75. The van der Waals surface area contributed by atoms with Gasteiger partial charge in [0.1, 0.15) is 0 Å². The maximum absolute atomic E-state index is 5.21. The summed E-state index contributed by atoms with van der Waals surface area (Å²) in [5.74, 6) is 0. The Morgan fingerprint density at radius 2 is 1.62 bits per heavy atom. The number of nitrogens with two attached hydrogens (primary N) is 2. The van der Waals surface area contributed by atoms with E-state index in [0.29, 0.717) is 0 Å². The van der Waals surface area contributed by atoms with Crippen LogP contribution in [0, 0.1) is 0 Å². The average molecular weight is 118 g/mol. The summed E-state index contributed by atoms with van der Waals surface area (Å²) in [6.07, 6.45) is 3.75. The van der Waals surface area contributed by atoms with Gasteiger partial charge >= 0.3 is 0 Å². The molecule has 0 aromatic carbocycles. The van der Waals surface area contributed by atoms with E-state index in [-0.39, 0.29) is 0 Å². The Balaban J connectivity index is 0. The van der Waals surface area contributed by atoms with Crippen molar-refractivity contribution in [1.29, 1.82) is 0 Å². The molecule has 0 saturated carbocycles. The van der Waals surface area contributed by atoms with E-state index in [0.717, 1.165) is 6.54 Å². The van der Waals surface area contributed by atoms with Crippen LogP contribution in [-0.2, 0) is 0 Å². The maximum atomic E-state index is 5.21. The lowest BCUT2D eigenvalue weighted by molar-refractivity contribution is 0.727. The molecule has 52 valence electrons. The average Bonchev–Trinajstić information content (AvgIpc) is 1.88. The van der Waals surface area contributed by atoms with Gasteiger partial charge in [-0.3, -0.25) is 0 Å². The maximum Gasteiger partial charge on any atom is -0.00773 e. The van der Waals surface area contributed by atoms with Crippen LogP contribution < -0.4 is 11.5 Å². The highest BCUT2D eigenvalue weighted by molar-refractivity contribution is 4.34. The molecular formula is C6H18N2. The van der Waals surface area contributed by atoms with Crippen molar-refractivity contribution in [1.82, 2.24) is 0 Å². The van der Waals surface area contributed by atoms with Crippen LogP contribution in [0.15, 0.2) is 0 Å². The van der Waals surface area contributed by atoms with E-state index >= 15 is 0 Å². The molecule has 0 aromatic rings. The van der Waals surface area contributed by atoms with Crippen LogP contribution in [0.2, 0.25) is 0 Å². The first-order chi connectivity index (χ1) is 3.91. The summed E-state index contributed by atoms with van der Waals surface area (Å²) >= 11 is 0. The summed E-state index contributed by atoms with van der Waals surface area (Å²) in [6, 6.07) is 0. The third-order valence-corrected chi connectivity index (χ3v) is 0.808. The molecule has 0 radical (unpaired) electrons. The zero-order valence-corrected chi connectivity index (χ0v) is 5.98. The lowest BCUT2D eigenvalue weighted by atomic mass is 10.3. The Bertz CT molecular complexity index is 18.5. The fourth-order valence-electron chi connectivity index (χ4n) is 0.394. The summed E-state index contributed by atoms with van der Waals surface area (Å²) in [6.45, 7) is 3.03. The molecule has 0 heterocycles. The number of hydrogen-bond acceptors (Lipinski definition) is 2. The van der Waals surface area contributed by atoms with E-state index in [1.54, 1.807) is 0 Å². The number of rotatable bonds is 3. The second kappa shape index (κ2) is 15.8. The van der Waals surface area contributed by atoms with Crippen LogP contribution in [0.1, 0.15) is 26.2 Å². The lowest BCUT2D eigenvalue weighted by Gasteiger charge is -1.86. The third kappa shape index (κ3) is 16.8. The van der Waals surface area contributed by atoms with Crippen LogP contribution in [-0.4, -0.2) is 13.6 Å². The fraction of sp³-hybridized carbons (Fsp3) is 1.00. The van der Waals surface area contributed by atoms with Crippen LogP contribution in [0.3, 0.4) is 0 Å². The Labute approximate surface area is 52.2 Å². The molecule has 0 spiro atoms. The second-order valence-corrected chi connectivity index (χ2v) is 1.50. The smallest absolute Gasteiger partial charge is 0.00773 e. The molecule has 2 heteroatoms. The molecule has 0 atom stereocenters. The molecule has 0 fully saturated rings. The van der Waals surface area contributed by atoms with Crippen molar-refractivity contribution in [2.45, 2.75) is 26.2 Å². The first kappa shape index (κ1) is 10.8. The lowest BCUT2D eigenvalue weighted by Crippen LogP contribution is -1.96. The van der Waals surface area contributed by atoms with Crippen molar-refractivity contribution in [2.24, 2.45) is 11.5 Å². The number of hydrogen-bond donors (Lipinski definition) is 2. The molecule has 0 unspecified atom stereocenters. The van der Waals surface area contributed by atoms with Gasteiger partial charge < -0.3 is 11.5 Å². The first-order valence-corrected chi connectivity index (χ1v) is 3.19. The largest absolute Gasteiger partial charge is 0.333 e. The molecule has 0 aromatic heterocycles.